The lowest BCUT2D eigenvalue weighted by atomic mass is 9.82. The van der Waals surface area contributed by atoms with E-state index in [9.17, 15) is 5.11 Å². The molecule has 2 aliphatic heterocycles. The number of aliphatic hydroxyl groups is 1. The highest BCUT2D eigenvalue weighted by Gasteiger charge is 2.44. The van der Waals surface area contributed by atoms with Crippen LogP contribution in [-0.4, -0.2) is 17.3 Å². The Morgan fingerprint density at radius 1 is 1.39 bits per heavy atom. The van der Waals surface area contributed by atoms with E-state index in [0.717, 1.165) is 31.2 Å². The van der Waals surface area contributed by atoms with Crippen LogP contribution in [0.15, 0.2) is 24.3 Å². The van der Waals surface area contributed by atoms with E-state index >= 15 is 0 Å². The molecule has 18 heavy (non-hydrogen) atoms. The van der Waals surface area contributed by atoms with Crippen LogP contribution in [0.1, 0.15) is 49.8 Å². The monoisotopic (exact) mass is 246 g/mol. The van der Waals surface area contributed by atoms with Gasteiger partial charge < -0.3 is 9.84 Å². The van der Waals surface area contributed by atoms with Crippen molar-refractivity contribution in [3.05, 3.63) is 35.4 Å². The highest BCUT2D eigenvalue weighted by molar-refractivity contribution is 5.26. The van der Waals surface area contributed by atoms with E-state index in [-0.39, 0.29) is 6.10 Å². The number of benzene rings is 1. The topological polar surface area (TPSA) is 29.5 Å². The molecule has 2 nitrogen and oxygen atoms in total. The van der Waals surface area contributed by atoms with Crippen LogP contribution in [0.2, 0.25) is 0 Å². The Kier molecular flexibility index (Phi) is 3.40. The van der Waals surface area contributed by atoms with Gasteiger partial charge in [0, 0.05) is 5.92 Å². The summed E-state index contributed by atoms with van der Waals surface area (Å²) in [7, 11) is 0. The Morgan fingerprint density at radius 3 is 2.94 bits per heavy atom. The fourth-order valence-corrected chi connectivity index (χ4v) is 3.48. The van der Waals surface area contributed by atoms with Gasteiger partial charge in [0.25, 0.3) is 0 Å². The fraction of sp³-hybridized carbons (Fsp3) is 0.625. The molecule has 0 amide bonds. The summed E-state index contributed by atoms with van der Waals surface area (Å²) in [6.07, 6.45) is 5.93. The molecule has 2 fully saturated rings. The lowest BCUT2D eigenvalue weighted by molar-refractivity contribution is 0.0422. The highest BCUT2D eigenvalue weighted by atomic mass is 16.5. The van der Waals surface area contributed by atoms with Gasteiger partial charge in [0.05, 0.1) is 18.3 Å². The SMILES string of the molecule is CCCc1cccc(C(O)C2CC3CCC2O3)c1. The van der Waals surface area contributed by atoms with Crippen molar-refractivity contribution in [2.75, 3.05) is 0 Å². The molecule has 3 rings (SSSR count). The molecule has 1 N–H and O–H groups in total. The summed E-state index contributed by atoms with van der Waals surface area (Å²) in [6, 6.07) is 8.44. The summed E-state index contributed by atoms with van der Waals surface area (Å²) >= 11 is 0. The van der Waals surface area contributed by atoms with Gasteiger partial charge in [0.2, 0.25) is 0 Å². The number of hydrogen-bond donors (Lipinski definition) is 1. The van der Waals surface area contributed by atoms with Gasteiger partial charge in [0.1, 0.15) is 0 Å². The number of hydrogen-bond acceptors (Lipinski definition) is 2. The van der Waals surface area contributed by atoms with Crippen molar-refractivity contribution in [1.82, 2.24) is 0 Å². The first-order chi connectivity index (χ1) is 8.78. The van der Waals surface area contributed by atoms with Crippen LogP contribution in [0.3, 0.4) is 0 Å². The zero-order valence-electron chi connectivity index (χ0n) is 11.0. The number of ether oxygens (including phenoxy) is 1. The second-order valence-corrected chi connectivity index (χ2v) is 5.71. The summed E-state index contributed by atoms with van der Waals surface area (Å²) in [6.45, 7) is 2.19. The molecule has 0 aliphatic carbocycles. The number of fused-ring (bicyclic) bond motifs is 2. The zero-order valence-corrected chi connectivity index (χ0v) is 11.0. The third-order valence-corrected chi connectivity index (χ3v) is 4.39. The van der Waals surface area contributed by atoms with Crippen molar-refractivity contribution in [3.8, 4) is 0 Å². The largest absolute Gasteiger partial charge is 0.388 e. The standard InChI is InChI=1S/C16H22O2/c1-2-4-11-5-3-6-12(9-11)16(17)14-10-13-7-8-15(14)18-13/h3,5-6,9,13-17H,2,4,7-8,10H2,1H3. The molecule has 98 valence electrons. The summed E-state index contributed by atoms with van der Waals surface area (Å²) in [5, 5.41) is 10.6. The van der Waals surface area contributed by atoms with E-state index in [2.05, 4.69) is 31.2 Å². The first kappa shape index (κ1) is 12.2. The smallest absolute Gasteiger partial charge is 0.0844 e. The van der Waals surface area contributed by atoms with E-state index in [1.54, 1.807) is 0 Å². The van der Waals surface area contributed by atoms with Crippen molar-refractivity contribution < 1.29 is 9.84 Å². The van der Waals surface area contributed by atoms with E-state index in [4.69, 9.17) is 4.74 Å². The lowest BCUT2D eigenvalue weighted by Gasteiger charge is -2.24. The molecule has 4 unspecified atom stereocenters. The van der Waals surface area contributed by atoms with Gasteiger partial charge in [-0.1, -0.05) is 37.6 Å². The Hall–Kier alpha value is -0.860. The molecule has 2 heterocycles. The normalized spacial score (nSPS) is 31.8. The highest BCUT2D eigenvalue weighted by Crippen LogP contribution is 2.44. The van der Waals surface area contributed by atoms with Crippen LogP contribution in [0, 0.1) is 5.92 Å². The molecule has 1 aromatic carbocycles. The van der Waals surface area contributed by atoms with Crippen LogP contribution in [0.25, 0.3) is 0 Å². The van der Waals surface area contributed by atoms with E-state index in [0.29, 0.717) is 18.1 Å². The van der Waals surface area contributed by atoms with Crippen LogP contribution >= 0.6 is 0 Å². The van der Waals surface area contributed by atoms with E-state index in [1.807, 2.05) is 0 Å². The predicted molar refractivity (Wildman–Crippen MR) is 71.4 cm³/mol. The summed E-state index contributed by atoms with van der Waals surface area (Å²) in [4.78, 5) is 0. The van der Waals surface area contributed by atoms with Crippen molar-refractivity contribution in [3.63, 3.8) is 0 Å². The lowest BCUT2D eigenvalue weighted by Crippen LogP contribution is -2.23. The molecule has 0 aromatic heterocycles. The Bertz CT molecular complexity index is 415. The molecule has 2 heteroatoms. The maximum absolute atomic E-state index is 10.6. The second kappa shape index (κ2) is 5.02. The molecule has 2 saturated heterocycles. The minimum atomic E-state index is -0.350. The van der Waals surface area contributed by atoms with Crippen LogP contribution in [-0.2, 0) is 11.2 Å². The number of aliphatic hydroxyl groups excluding tert-OH is 1. The zero-order chi connectivity index (χ0) is 12.5. The third-order valence-electron chi connectivity index (χ3n) is 4.39. The molecule has 2 bridgehead atoms. The molecule has 4 atom stereocenters. The van der Waals surface area contributed by atoms with E-state index < -0.39 is 0 Å². The predicted octanol–water partition coefficient (Wildman–Crippen LogP) is 3.24. The molecule has 0 saturated carbocycles. The minimum absolute atomic E-state index is 0.292. The van der Waals surface area contributed by atoms with Gasteiger partial charge in [-0.25, -0.2) is 0 Å². The minimum Gasteiger partial charge on any atom is -0.388 e. The third kappa shape index (κ3) is 2.19. The summed E-state index contributed by atoms with van der Waals surface area (Å²) < 4.78 is 5.85. The van der Waals surface area contributed by atoms with Gasteiger partial charge in [-0.15, -0.1) is 0 Å². The quantitative estimate of drug-likeness (QED) is 0.883. The number of aryl methyl sites for hydroxylation is 1. The van der Waals surface area contributed by atoms with Gasteiger partial charge in [0.15, 0.2) is 0 Å². The number of rotatable bonds is 4. The van der Waals surface area contributed by atoms with Gasteiger partial charge in [-0.3, -0.25) is 0 Å². The Balaban J connectivity index is 1.75. The van der Waals surface area contributed by atoms with Crippen molar-refractivity contribution >= 4 is 0 Å². The molecule has 2 aliphatic rings. The molecular weight excluding hydrogens is 224 g/mol. The van der Waals surface area contributed by atoms with Gasteiger partial charge in [-0.05, 0) is 36.8 Å². The van der Waals surface area contributed by atoms with Gasteiger partial charge >= 0.3 is 0 Å². The molecule has 1 aromatic rings. The summed E-state index contributed by atoms with van der Waals surface area (Å²) in [5.41, 5.74) is 2.40. The maximum atomic E-state index is 10.6. The average Bonchev–Trinajstić information content (AvgIpc) is 3.01. The molecular formula is C16H22O2. The van der Waals surface area contributed by atoms with Crippen LogP contribution in [0.4, 0.5) is 0 Å². The Morgan fingerprint density at radius 2 is 2.28 bits per heavy atom. The molecule has 0 spiro atoms. The maximum Gasteiger partial charge on any atom is 0.0844 e. The van der Waals surface area contributed by atoms with Gasteiger partial charge in [-0.2, -0.15) is 0 Å². The summed E-state index contributed by atoms with van der Waals surface area (Å²) in [5.74, 6) is 0.306. The van der Waals surface area contributed by atoms with Crippen molar-refractivity contribution in [2.45, 2.75) is 57.3 Å². The van der Waals surface area contributed by atoms with E-state index in [1.165, 1.54) is 12.0 Å². The van der Waals surface area contributed by atoms with Crippen LogP contribution < -0.4 is 0 Å². The fourth-order valence-electron chi connectivity index (χ4n) is 3.48. The first-order valence-electron chi connectivity index (χ1n) is 7.20. The second-order valence-electron chi connectivity index (χ2n) is 5.71. The first-order valence-corrected chi connectivity index (χ1v) is 7.20. The van der Waals surface area contributed by atoms with Crippen molar-refractivity contribution in [2.24, 2.45) is 5.92 Å². The van der Waals surface area contributed by atoms with Crippen molar-refractivity contribution in [1.29, 1.82) is 0 Å². The van der Waals surface area contributed by atoms with Crippen LogP contribution in [0.5, 0.6) is 0 Å². The average molecular weight is 246 g/mol. The molecule has 0 radical (unpaired) electrons. The Labute approximate surface area is 109 Å².